The van der Waals surface area contributed by atoms with Gasteiger partial charge in [0.15, 0.2) is 5.82 Å². The summed E-state index contributed by atoms with van der Waals surface area (Å²) in [6.07, 6.45) is 7.57. The number of rotatable bonds is 3. The topological polar surface area (TPSA) is 93.9 Å². The largest absolute Gasteiger partial charge is 0.354 e. The number of nitriles is 1. The van der Waals surface area contributed by atoms with Gasteiger partial charge in [-0.15, -0.1) is 5.10 Å². The number of hydrogen-bond acceptors (Lipinski definition) is 5. The molecule has 1 aliphatic carbocycles. The molecule has 0 aromatic carbocycles. The minimum absolute atomic E-state index is 0.0426. The van der Waals surface area contributed by atoms with Crippen LogP contribution in [0.2, 0.25) is 0 Å². The molecule has 26 heavy (non-hydrogen) atoms. The van der Waals surface area contributed by atoms with Crippen molar-refractivity contribution in [2.75, 3.05) is 18.0 Å². The molecule has 0 radical (unpaired) electrons. The molecule has 7 heteroatoms. The smallest absolute Gasteiger partial charge is 0.315 e. The van der Waals surface area contributed by atoms with Gasteiger partial charge in [0.05, 0.1) is 5.69 Å². The summed E-state index contributed by atoms with van der Waals surface area (Å²) in [4.78, 5) is 14.3. The van der Waals surface area contributed by atoms with Crippen molar-refractivity contribution in [2.45, 2.75) is 70.9 Å². The molecule has 2 N–H and O–H groups in total. The summed E-state index contributed by atoms with van der Waals surface area (Å²) in [6.45, 7) is 5.31. The van der Waals surface area contributed by atoms with Gasteiger partial charge in [-0.1, -0.05) is 19.3 Å². The van der Waals surface area contributed by atoms with Crippen molar-refractivity contribution in [3.05, 3.63) is 16.8 Å². The van der Waals surface area contributed by atoms with Gasteiger partial charge in [0, 0.05) is 25.2 Å². The number of anilines is 1. The van der Waals surface area contributed by atoms with Crippen LogP contribution in [-0.4, -0.2) is 41.4 Å². The molecule has 1 aromatic rings. The maximum absolute atomic E-state index is 12.2. The van der Waals surface area contributed by atoms with Crippen molar-refractivity contribution < 1.29 is 4.79 Å². The maximum Gasteiger partial charge on any atom is 0.315 e. The van der Waals surface area contributed by atoms with E-state index in [2.05, 4.69) is 31.8 Å². The summed E-state index contributed by atoms with van der Waals surface area (Å²) in [5.41, 5.74) is 2.30. The van der Waals surface area contributed by atoms with Gasteiger partial charge in [-0.3, -0.25) is 0 Å². The molecule has 2 aliphatic rings. The Labute approximate surface area is 155 Å². The average Bonchev–Trinajstić information content (AvgIpc) is 2.65. The number of hydrogen-bond donors (Lipinski definition) is 2. The number of aryl methyl sites for hydroxylation is 1. The van der Waals surface area contributed by atoms with Crippen molar-refractivity contribution in [3.63, 3.8) is 0 Å². The monoisotopic (exact) mass is 356 g/mol. The van der Waals surface area contributed by atoms with Gasteiger partial charge in [-0.25, -0.2) is 4.79 Å². The minimum atomic E-state index is -0.0426. The summed E-state index contributed by atoms with van der Waals surface area (Å²) >= 11 is 0. The number of aromatic nitrogens is 2. The highest BCUT2D eigenvalue weighted by Crippen LogP contribution is 2.24. The van der Waals surface area contributed by atoms with Crippen molar-refractivity contribution in [1.29, 1.82) is 5.26 Å². The van der Waals surface area contributed by atoms with Crippen LogP contribution in [0.1, 0.15) is 61.8 Å². The third kappa shape index (κ3) is 4.24. The van der Waals surface area contributed by atoms with E-state index in [4.69, 9.17) is 0 Å². The molecule has 1 saturated heterocycles. The maximum atomic E-state index is 12.2. The van der Waals surface area contributed by atoms with Crippen LogP contribution in [0.4, 0.5) is 10.6 Å². The van der Waals surface area contributed by atoms with Gasteiger partial charge in [0.25, 0.3) is 0 Å². The van der Waals surface area contributed by atoms with E-state index in [1.54, 1.807) is 0 Å². The number of piperidine rings is 1. The van der Waals surface area contributed by atoms with Gasteiger partial charge in [0.1, 0.15) is 11.6 Å². The SMILES string of the molecule is Cc1nnc(N2CCC(NC(=O)NC3CCCCC3)CC2)c(C#N)c1C. The zero-order chi connectivity index (χ0) is 18.5. The fraction of sp³-hybridized carbons (Fsp3) is 0.684. The molecular weight excluding hydrogens is 328 g/mol. The number of nitrogens with one attached hydrogen (secondary N) is 2. The molecule has 2 amide bonds. The number of carbonyl (C=O) groups is 1. The van der Waals surface area contributed by atoms with E-state index in [1.165, 1.54) is 19.3 Å². The molecule has 1 aliphatic heterocycles. The Morgan fingerprint density at radius 3 is 2.27 bits per heavy atom. The number of urea groups is 1. The number of nitrogens with zero attached hydrogens (tertiary/aromatic N) is 4. The molecule has 1 saturated carbocycles. The summed E-state index contributed by atoms with van der Waals surface area (Å²) in [5, 5.41) is 24.1. The van der Waals surface area contributed by atoms with E-state index in [0.29, 0.717) is 17.4 Å². The second-order valence-electron chi connectivity index (χ2n) is 7.43. The van der Waals surface area contributed by atoms with Crippen LogP contribution in [-0.2, 0) is 0 Å². The number of amides is 2. The second-order valence-corrected chi connectivity index (χ2v) is 7.43. The molecule has 140 valence electrons. The van der Waals surface area contributed by atoms with Crippen molar-refractivity contribution in [1.82, 2.24) is 20.8 Å². The fourth-order valence-electron chi connectivity index (χ4n) is 3.85. The molecule has 7 nitrogen and oxygen atoms in total. The van der Waals surface area contributed by atoms with Crippen molar-refractivity contribution in [3.8, 4) is 6.07 Å². The van der Waals surface area contributed by atoms with E-state index in [9.17, 15) is 10.1 Å². The van der Waals surface area contributed by atoms with Gasteiger partial charge >= 0.3 is 6.03 Å². The van der Waals surface area contributed by atoms with Gasteiger partial charge in [-0.05, 0) is 45.1 Å². The number of carbonyl (C=O) groups excluding carboxylic acids is 1. The first kappa shape index (κ1) is 18.4. The summed E-state index contributed by atoms with van der Waals surface area (Å²) in [5.74, 6) is 0.667. The third-order valence-electron chi connectivity index (χ3n) is 5.62. The predicted octanol–water partition coefficient (Wildman–Crippen LogP) is 2.57. The summed E-state index contributed by atoms with van der Waals surface area (Å²) in [6, 6.07) is 2.72. The first-order chi connectivity index (χ1) is 12.6. The van der Waals surface area contributed by atoms with Crippen LogP contribution in [0, 0.1) is 25.2 Å². The van der Waals surface area contributed by atoms with E-state index < -0.39 is 0 Å². The fourth-order valence-corrected chi connectivity index (χ4v) is 3.85. The second kappa shape index (κ2) is 8.35. The van der Waals surface area contributed by atoms with Crippen LogP contribution < -0.4 is 15.5 Å². The molecule has 2 fully saturated rings. The third-order valence-corrected chi connectivity index (χ3v) is 5.62. The van der Waals surface area contributed by atoms with Crippen molar-refractivity contribution in [2.24, 2.45) is 0 Å². The first-order valence-electron chi connectivity index (χ1n) is 9.64. The molecule has 1 aromatic heterocycles. The minimum Gasteiger partial charge on any atom is -0.354 e. The first-order valence-corrected chi connectivity index (χ1v) is 9.64. The van der Waals surface area contributed by atoms with E-state index in [-0.39, 0.29) is 12.1 Å². The molecular formula is C19H28N6O. The lowest BCUT2D eigenvalue weighted by molar-refractivity contribution is 0.226. The Balaban J connectivity index is 1.52. The van der Waals surface area contributed by atoms with Gasteiger partial charge in [0.2, 0.25) is 0 Å². The highest BCUT2D eigenvalue weighted by Gasteiger charge is 2.25. The molecule has 0 bridgehead atoms. The van der Waals surface area contributed by atoms with Crippen LogP contribution in [0.15, 0.2) is 0 Å². The van der Waals surface area contributed by atoms with Crippen LogP contribution in [0.5, 0.6) is 0 Å². The average molecular weight is 356 g/mol. The lowest BCUT2D eigenvalue weighted by atomic mass is 9.96. The quantitative estimate of drug-likeness (QED) is 0.868. The van der Waals surface area contributed by atoms with E-state index in [0.717, 1.165) is 50.0 Å². The molecule has 2 heterocycles. The Morgan fingerprint density at radius 2 is 1.65 bits per heavy atom. The van der Waals surface area contributed by atoms with Crippen LogP contribution in [0.25, 0.3) is 0 Å². The molecule has 0 unspecified atom stereocenters. The summed E-state index contributed by atoms with van der Waals surface area (Å²) in [7, 11) is 0. The van der Waals surface area contributed by atoms with Gasteiger partial charge in [-0.2, -0.15) is 10.4 Å². The Kier molecular flexibility index (Phi) is 5.92. The van der Waals surface area contributed by atoms with E-state index >= 15 is 0 Å². The van der Waals surface area contributed by atoms with Gasteiger partial charge < -0.3 is 15.5 Å². The standard InChI is InChI=1S/C19H28N6O/c1-13-14(2)23-24-18(17(13)12-20)25-10-8-16(9-11-25)22-19(26)21-15-6-4-3-5-7-15/h15-16H,3-11H2,1-2H3,(H2,21,22,26). The zero-order valence-corrected chi connectivity index (χ0v) is 15.7. The Bertz CT molecular complexity index is 684. The molecule has 3 rings (SSSR count). The lowest BCUT2D eigenvalue weighted by Crippen LogP contribution is -2.50. The lowest BCUT2D eigenvalue weighted by Gasteiger charge is -2.34. The van der Waals surface area contributed by atoms with Crippen LogP contribution in [0.3, 0.4) is 0 Å². The predicted molar refractivity (Wildman–Crippen MR) is 100.0 cm³/mol. The van der Waals surface area contributed by atoms with Crippen LogP contribution >= 0.6 is 0 Å². The highest BCUT2D eigenvalue weighted by atomic mass is 16.2. The molecule has 0 spiro atoms. The molecule has 0 atom stereocenters. The van der Waals surface area contributed by atoms with Crippen molar-refractivity contribution >= 4 is 11.8 Å². The zero-order valence-electron chi connectivity index (χ0n) is 15.7. The Morgan fingerprint density at radius 1 is 1.04 bits per heavy atom. The summed E-state index contributed by atoms with van der Waals surface area (Å²) < 4.78 is 0. The normalized spacial score (nSPS) is 19.0. The Hall–Kier alpha value is -2.36. The highest BCUT2D eigenvalue weighted by molar-refractivity contribution is 5.74. The van der Waals surface area contributed by atoms with E-state index in [1.807, 2.05) is 13.8 Å².